The van der Waals surface area contributed by atoms with Crippen molar-refractivity contribution in [3.8, 4) is 11.5 Å². The first-order valence-electron chi connectivity index (χ1n) is 10.9. The maximum Gasteiger partial charge on any atom is 0.286 e. The molecule has 1 aromatic heterocycles. The van der Waals surface area contributed by atoms with Gasteiger partial charge >= 0.3 is 0 Å². The fourth-order valence-corrected chi connectivity index (χ4v) is 4.24. The highest BCUT2D eigenvalue weighted by molar-refractivity contribution is 7.13. The summed E-state index contributed by atoms with van der Waals surface area (Å²) in [4.78, 5) is 24.8. The van der Waals surface area contributed by atoms with Gasteiger partial charge in [-0.3, -0.25) is 9.59 Å². The first kappa shape index (κ1) is 22.7. The van der Waals surface area contributed by atoms with Gasteiger partial charge in [-0.2, -0.15) is 0 Å². The second-order valence-electron chi connectivity index (χ2n) is 7.82. The number of fused-ring (bicyclic) bond motifs is 1. The molecule has 1 aliphatic heterocycles. The number of aryl methyl sites for hydroxylation is 2. The summed E-state index contributed by atoms with van der Waals surface area (Å²) >= 11 is 1.25. The molecule has 2 heterocycles. The van der Waals surface area contributed by atoms with E-state index in [1.165, 1.54) is 11.3 Å². The van der Waals surface area contributed by atoms with Gasteiger partial charge in [0.1, 0.15) is 18.2 Å². The van der Waals surface area contributed by atoms with Crippen LogP contribution in [0.4, 0.5) is 5.69 Å². The van der Waals surface area contributed by atoms with Gasteiger partial charge in [0.25, 0.3) is 5.91 Å². The summed E-state index contributed by atoms with van der Waals surface area (Å²) in [7, 11) is 0. The Morgan fingerprint density at radius 3 is 2.70 bits per heavy atom. The van der Waals surface area contributed by atoms with E-state index in [2.05, 4.69) is 20.8 Å². The van der Waals surface area contributed by atoms with Gasteiger partial charge in [0, 0.05) is 18.5 Å². The average Bonchev–Trinajstić information content (AvgIpc) is 3.29. The summed E-state index contributed by atoms with van der Waals surface area (Å²) in [6.45, 7) is 4.94. The van der Waals surface area contributed by atoms with Crippen molar-refractivity contribution < 1.29 is 19.1 Å². The second-order valence-corrected chi connectivity index (χ2v) is 8.88. The number of para-hydroxylation sites is 1. The van der Waals surface area contributed by atoms with Crippen LogP contribution in [0.15, 0.2) is 42.5 Å². The number of nitrogens with one attached hydrogen (secondary N) is 2. The topological polar surface area (TPSA) is 102 Å². The Kier molecular flexibility index (Phi) is 7.19. The Labute approximate surface area is 196 Å². The summed E-state index contributed by atoms with van der Waals surface area (Å²) < 4.78 is 11.2. The van der Waals surface area contributed by atoms with Gasteiger partial charge in [-0.05, 0) is 49.6 Å². The van der Waals surface area contributed by atoms with Crippen LogP contribution in [0.25, 0.3) is 0 Å². The van der Waals surface area contributed by atoms with Crippen LogP contribution in [0.3, 0.4) is 0 Å². The third kappa shape index (κ3) is 5.87. The van der Waals surface area contributed by atoms with Crippen LogP contribution < -0.4 is 20.1 Å². The lowest BCUT2D eigenvalue weighted by atomic mass is 10.1. The molecule has 9 heteroatoms. The molecule has 33 heavy (non-hydrogen) atoms. The van der Waals surface area contributed by atoms with Crippen LogP contribution in [0.1, 0.15) is 51.7 Å². The third-order valence-corrected chi connectivity index (χ3v) is 6.27. The fourth-order valence-electron chi connectivity index (χ4n) is 3.46. The van der Waals surface area contributed by atoms with Crippen molar-refractivity contribution in [2.45, 2.75) is 39.2 Å². The molecule has 2 N–H and O–H groups in total. The van der Waals surface area contributed by atoms with Crippen LogP contribution in [-0.4, -0.2) is 35.2 Å². The van der Waals surface area contributed by atoms with E-state index < -0.39 is 0 Å². The molecule has 4 rings (SSSR count). The molecule has 0 unspecified atom stereocenters. The Bertz CT molecular complexity index is 1150. The monoisotopic (exact) mass is 466 g/mol. The van der Waals surface area contributed by atoms with E-state index in [1.54, 1.807) is 0 Å². The first-order valence-corrected chi connectivity index (χ1v) is 11.7. The minimum atomic E-state index is -0.279. The highest BCUT2D eigenvalue weighted by Gasteiger charge is 2.17. The molecule has 2 aromatic carbocycles. The summed E-state index contributed by atoms with van der Waals surface area (Å²) in [5, 5.41) is 15.0. The van der Waals surface area contributed by atoms with Gasteiger partial charge in [0.2, 0.25) is 10.9 Å². The van der Waals surface area contributed by atoms with Gasteiger partial charge in [-0.1, -0.05) is 35.6 Å². The predicted molar refractivity (Wildman–Crippen MR) is 126 cm³/mol. The number of ether oxygens (including phenoxy) is 2. The molecular formula is C24H26N4O4S. The molecule has 1 aliphatic rings. The molecule has 2 amide bonds. The van der Waals surface area contributed by atoms with E-state index in [0.29, 0.717) is 43.2 Å². The molecule has 8 nitrogen and oxygen atoms in total. The Morgan fingerprint density at radius 1 is 1.09 bits per heavy atom. The number of benzene rings is 2. The lowest BCUT2D eigenvalue weighted by molar-refractivity contribution is -0.121. The molecule has 0 radical (unpaired) electrons. The molecule has 3 aromatic rings. The zero-order valence-corrected chi connectivity index (χ0v) is 19.4. The van der Waals surface area contributed by atoms with Crippen LogP contribution in [0.2, 0.25) is 0 Å². The molecule has 0 fully saturated rings. The van der Waals surface area contributed by atoms with Gasteiger partial charge < -0.3 is 20.1 Å². The molecule has 0 bridgehead atoms. The van der Waals surface area contributed by atoms with E-state index in [4.69, 9.17) is 9.47 Å². The summed E-state index contributed by atoms with van der Waals surface area (Å²) in [5.41, 5.74) is 2.69. The fraction of sp³-hybridized carbons (Fsp3) is 0.333. The largest absolute Gasteiger partial charge is 0.486 e. The normalized spacial score (nSPS) is 13.3. The van der Waals surface area contributed by atoms with Crippen molar-refractivity contribution in [1.82, 2.24) is 15.5 Å². The van der Waals surface area contributed by atoms with Crippen molar-refractivity contribution in [3.63, 3.8) is 0 Å². The highest BCUT2D eigenvalue weighted by atomic mass is 32.1. The maximum absolute atomic E-state index is 12.4. The Morgan fingerprint density at radius 2 is 1.88 bits per heavy atom. The van der Waals surface area contributed by atoms with Crippen molar-refractivity contribution in [1.29, 1.82) is 0 Å². The number of anilines is 1. The number of carbonyl (C=O) groups excluding carboxylic acids is 2. The summed E-state index contributed by atoms with van der Waals surface area (Å²) in [6, 6.07) is 13.1. The zero-order chi connectivity index (χ0) is 23.2. The maximum atomic E-state index is 12.4. The first-order chi connectivity index (χ1) is 16.0. The number of hydrogen-bond acceptors (Lipinski definition) is 7. The molecule has 0 aliphatic carbocycles. The van der Waals surface area contributed by atoms with Crippen molar-refractivity contribution >= 4 is 28.8 Å². The van der Waals surface area contributed by atoms with E-state index in [-0.39, 0.29) is 17.9 Å². The smallest absolute Gasteiger partial charge is 0.286 e. The lowest BCUT2D eigenvalue weighted by Crippen LogP contribution is -2.26. The predicted octanol–water partition coefficient (Wildman–Crippen LogP) is 4.07. The van der Waals surface area contributed by atoms with E-state index in [0.717, 1.165) is 27.6 Å². The molecular weight excluding hydrogens is 440 g/mol. The molecule has 0 spiro atoms. The summed E-state index contributed by atoms with van der Waals surface area (Å²) in [6.07, 6.45) is 1.56. The second kappa shape index (κ2) is 10.4. The standard InChI is InChI=1S/C24H26N4O4S/c1-15-6-3-4-7-18(15)26-23(30)24-28-27-22(33-24)9-5-8-21(29)25-16(2)17-10-11-19-20(14-17)32-13-12-31-19/h3-4,6-7,10-11,14,16H,5,8-9,12-13H2,1-2H3,(H,25,29)(H,26,30)/t16-/m0/s1. The number of carbonyl (C=O) groups is 2. The van der Waals surface area contributed by atoms with Crippen molar-refractivity contribution in [2.75, 3.05) is 18.5 Å². The quantitative estimate of drug-likeness (QED) is 0.519. The molecule has 0 saturated carbocycles. The van der Waals surface area contributed by atoms with Crippen LogP contribution in [-0.2, 0) is 11.2 Å². The van der Waals surface area contributed by atoms with Gasteiger partial charge in [0.05, 0.1) is 6.04 Å². The van der Waals surface area contributed by atoms with Crippen LogP contribution in [0.5, 0.6) is 11.5 Å². The number of amides is 2. The minimum absolute atomic E-state index is 0.0422. The SMILES string of the molecule is Cc1ccccc1NC(=O)c1nnc(CCCC(=O)N[C@@H](C)c2ccc3c(c2)OCCO3)s1. The highest BCUT2D eigenvalue weighted by Crippen LogP contribution is 2.32. The number of hydrogen-bond donors (Lipinski definition) is 2. The van der Waals surface area contributed by atoms with Gasteiger partial charge in [-0.25, -0.2) is 0 Å². The number of nitrogens with zero attached hydrogens (tertiary/aromatic N) is 2. The molecule has 172 valence electrons. The third-order valence-electron chi connectivity index (χ3n) is 5.29. The molecule has 0 saturated heterocycles. The Balaban J connectivity index is 1.23. The van der Waals surface area contributed by atoms with Gasteiger partial charge in [-0.15, -0.1) is 10.2 Å². The minimum Gasteiger partial charge on any atom is -0.486 e. The summed E-state index contributed by atoms with van der Waals surface area (Å²) in [5.74, 6) is 1.12. The van der Waals surface area contributed by atoms with Crippen LogP contribution in [0, 0.1) is 6.92 Å². The number of aromatic nitrogens is 2. The van der Waals surface area contributed by atoms with Crippen molar-refractivity contribution in [3.05, 3.63) is 63.6 Å². The van der Waals surface area contributed by atoms with Gasteiger partial charge in [0.15, 0.2) is 11.5 Å². The Hall–Kier alpha value is -3.46. The van der Waals surface area contributed by atoms with E-state index in [1.807, 2.05) is 56.3 Å². The lowest BCUT2D eigenvalue weighted by Gasteiger charge is -2.21. The average molecular weight is 467 g/mol. The van der Waals surface area contributed by atoms with E-state index >= 15 is 0 Å². The number of rotatable bonds is 8. The van der Waals surface area contributed by atoms with Crippen molar-refractivity contribution in [2.24, 2.45) is 0 Å². The molecule has 1 atom stereocenters. The van der Waals surface area contributed by atoms with E-state index in [9.17, 15) is 9.59 Å². The zero-order valence-electron chi connectivity index (χ0n) is 18.6. The van der Waals surface area contributed by atoms with Crippen LogP contribution >= 0.6 is 11.3 Å².